The standard InChI is InChI=1S/C21H21N3O4S/c1-4-24(5-2)20(27)15-8-11-17-18(12-15)29-21(22-17)23-19(26)14-6-9-16(10-7-14)28-13(3)25/h6-12H,4-5H2,1-3H3,(H,22,23,26). The molecule has 0 saturated heterocycles. The van der Waals surface area contributed by atoms with Crippen LogP contribution in [-0.4, -0.2) is 40.8 Å². The highest BCUT2D eigenvalue weighted by Gasteiger charge is 2.15. The van der Waals surface area contributed by atoms with Crippen LogP contribution in [0.2, 0.25) is 0 Å². The summed E-state index contributed by atoms with van der Waals surface area (Å²) >= 11 is 1.31. The lowest BCUT2D eigenvalue weighted by Gasteiger charge is -2.18. The third kappa shape index (κ3) is 4.78. The predicted octanol–water partition coefficient (Wildman–Crippen LogP) is 3.96. The summed E-state index contributed by atoms with van der Waals surface area (Å²) in [6, 6.07) is 11.6. The van der Waals surface area contributed by atoms with E-state index in [1.165, 1.54) is 18.3 Å². The van der Waals surface area contributed by atoms with E-state index in [4.69, 9.17) is 4.74 Å². The van der Waals surface area contributed by atoms with Crippen LogP contribution >= 0.6 is 11.3 Å². The van der Waals surface area contributed by atoms with Crippen molar-refractivity contribution in [1.82, 2.24) is 9.88 Å². The number of aromatic nitrogens is 1. The van der Waals surface area contributed by atoms with Crippen LogP contribution in [0.15, 0.2) is 42.5 Å². The van der Waals surface area contributed by atoms with Crippen LogP contribution in [0, 0.1) is 0 Å². The summed E-state index contributed by atoms with van der Waals surface area (Å²) in [6.07, 6.45) is 0. The number of ether oxygens (including phenoxy) is 1. The van der Waals surface area contributed by atoms with Gasteiger partial charge in [0.2, 0.25) is 0 Å². The molecule has 0 aliphatic heterocycles. The van der Waals surface area contributed by atoms with Gasteiger partial charge in [-0.2, -0.15) is 0 Å². The van der Waals surface area contributed by atoms with Gasteiger partial charge in [-0.1, -0.05) is 11.3 Å². The molecule has 29 heavy (non-hydrogen) atoms. The second-order valence-electron chi connectivity index (χ2n) is 6.25. The molecule has 0 radical (unpaired) electrons. The molecule has 0 bridgehead atoms. The van der Waals surface area contributed by atoms with E-state index in [2.05, 4.69) is 10.3 Å². The van der Waals surface area contributed by atoms with Crippen LogP contribution in [0.5, 0.6) is 5.75 Å². The summed E-state index contributed by atoms with van der Waals surface area (Å²) in [5, 5.41) is 3.21. The van der Waals surface area contributed by atoms with Gasteiger partial charge in [0, 0.05) is 31.1 Å². The van der Waals surface area contributed by atoms with E-state index >= 15 is 0 Å². The largest absolute Gasteiger partial charge is 0.427 e. The SMILES string of the molecule is CCN(CC)C(=O)c1ccc2nc(NC(=O)c3ccc(OC(C)=O)cc3)sc2c1. The number of rotatable bonds is 6. The van der Waals surface area contributed by atoms with Gasteiger partial charge in [0.1, 0.15) is 5.75 Å². The molecule has 3 aromatic rings. The van der Waals surface area contributed by atoms with Gasteiger partial charge in [-0.3, -0.25) is 19.7 Å². The van der Waals surface area contributed by atoms with Crippen molar-refractivity contribution in [3.63, 3.8) is 0 Å². The van der Waals surface area contributed by atoms with Crippen LogP contribution in [0.25, 0.3) is 10.2 Å². The van der Waals surface area contributed by atoms with Crippen molar-refractivity contribution in [3.05, 3.63) is 53.6 Å². The maximum atomic E-state index is 12.5. The Labute approximate surface area is 172 Å². The first kappa shape index (κ1) is 20.5. The molecule has 0 unspecified atom stereocenters. The average Bonchev–Trinajstić information content (AvgIpc) is 3.10. The Morgan fingerprint density at radius 1 is 1.03 bits per heavy atom. The zero-order chi connectivity index (χ0) is 21.0. The number of benzene rings is 2. The molecule has 1 N–H and O–H groups in total. The average molecular weight is 411 g/mol. The lowest BCUT2D eigenvalue weighted by atomic mass is 10.2. The first-order valence-corrected chi connectivity index (χ1v) is 10.0. The Morgan fingerprint density at radius 3 is 2.31 bits per heavy atom. The summed E-state index contributed by atoms with van der Waals surface area (Å²) in [5.74, 6) is -0.392. The van der Waals surface area contributed by atoms with Crippen LogP contribution < -0.4 is 10.1 Å². The monoisotopic (exact) mass is 411 g/mol. The number of amides is 2. The molecule has 1 aromatic heterocycles. The Hall–Kier alpha value is -3.26. The first-order valence-electron chi connectivity index (χ1n) is 9.21. The van der Waals surface area contributed by atoms with Crippen LogP contribution in [0.4, 0.5) is 5.13 Å². The van der Waals surface area contributed by atoms with Gasteiger partial charge in [-0.15, -0.1) is 0 Å². The molecule has 0 saturated carbocycles. The Bertz CT molecular complexity index is 1060. The van der Waals surface area contributed by atoms with Gasteiger partial charge >= 0.3 is 5.97 Å². The van der Waals surface area contributed by atoms with Crippen molar-refractivity contribution < 1.29 is 19.1 Å². The van der Waals surface area contributed by atoms with Gasteiger partial charge in [0.15, 0.2) is 5.13 Å². The van der Waals surface area contributed by atoms with E-state index in [0.29, 0.717) is 40.6 Å². The van der Waals surface area contributed by atoms with Gasteiger partial charge in [0.25, 0.3) is 11.8 Å². The number of nitrogens with zero attached hydrogens (tertiary/aromatic N) is 2. The fourth-order valence-corrected chi connectivity index (χ4v) is 3.71. The summed E-state index contributed by atoms with van der Waals surface area (Å²) in [5.41, 5.74) is 1.73. The fourth-order valence-electron chi connectivity index (χ4n) is 2.81. The van der Waals surface area contributed by atoms with Crippen LogP contribution in [-0.2, 0) is 4.79 Å². The zero-order valence-corrected chi connectivity index (χ0v) is 17.2. The third-order valence-corrected chi connectivity index (χ3v) is 5.22. The summed E-state index contributed by atoms with van der Waals surface area (Å²) in [6.45, 7) is 6.49. The van der Waals surface area contributed by atoms with Crippen molar-refractivity contribution in [2.24, 2.45) is 0 Å². The second-order valence-corrected chi connectivity index (χ2v) is 7.28. The number of carbonyl (C=O) groups is 3. The zero-order valence-electron chi connectivity index (χ0n) is 16.4. The highest BCUT2D eigenvalue weighted by Crippen LogP contribution is 2.28. The molecule has 0 atom stereocenters. The lowest BCUT2D eigenvalue weighted by Crippen LogP contribution is -2.30. The topological polar surface area (TPSA) is 88.6 Å². The smallest absolute Gasteiger partial charge is 0.308 e. The summed E-state index contributed by atoms with van der Waals surface area (Å²) in [7, 11) is 0. The molecular formula is C21H21N3O4S. The Morgan fingerprint density at radius 2 is 1.69 bits per heavy atom. The lowest BCUT2D eigenvalue weighted by molar-refractivity contribution is -0.131. The number of esters is 1. The van der Waals surface area contributed by atoms with Crippen molar-refractivity contribution in [2.75, 3.05) is 18.4 Å². The van der Waals surface area contributed by atoms with Gasteiger partial charge in [-0.05, 0) is 56.3 Å². The molecule has 0 fully saturated rings. The molecule has 2 amide bonds. The minimum absolute atomic E-state index is 0.0243. The number of anilines is 1. The highest BCUT2D eigenvalue weighted by atomic mass is 32.1. The number of hydrogen-bond acceptors (Lipinski definition) is 6. The van der Waals surface area contributed by atoms with Gasteiger partial charge in [-0.25, -0.2) is 4.98 Å². The minimum atomic E-state index is -0.421. The number of carbonyl (C=O) groups excluding carboxylic acids is 3. The minimum Gasteiger partial charge on any atom is -0.427 e. The molecular weight excluding hydrogens is 390 g/mol. The third-order valence-electron chi connectivity index (χ3n) is 4.28. The fraction of sp³-hybridized carbons (Fsp3) is 0.238. The number of nitrogens with one attached hydrogen (secondary N) is 1. The maximum Gasteiger partial charge on any atom is 0.308 e. The van der Waals surface area contributed by atoms with Crippen molar-refractivity contribution in [1.29, 1.82) is 0 Å². The van der Waals surface area contributed by atoms with Crippen molar-refractivity contribution >= 4 is 44.5 Å². The highest BCUT2D eigenvalue weighted by molar-refractivity contribution is 7.22. The summed E-state index contributed by atoms with van der Waals surface area (Å²) in [4.78, 5) is 42.1. The molecule has 1 heterocycles. The van der Waals surface area contributed by atoms with E-state index in [1.54, 1.807) is 47.4 Å². The van der Waals surface area contributed by atoms with Gasteiger partial charge in [0.05, 0.1) is 10.2 Å². The van der Waals surface area contributed by atoms with Crippen LogP contribution in [0.3, 0.4) is 0 Å². The summed E-state index contributed by atoms with van der Waals surface area (Å²) < 4.78 is 5.78. The number of thiazole rings is 1. The number of hydrogen-bond donors (Lipinski definition) is 1. The van der Waals surface area contributed by atoms with Crippen molar-refractivity contribution in [2.45, 2.75) is 20.8 Å². The molecule has 8 heteroatoms. The first-order chi connectivity index (χ1) is 13.9. The molecule has 0 aliphatic carbocycles. The molecule has 3 rings (SSSR count). The Kier molecular flexibility index (Phi) is 6.23. The normalized spacial score (nSPS) is 10.6. The molecule has 7 nitrogen and oxygen atoms in total. The molecule has 0 aliphatic rings. The Balaban J connectivity index is 1.75. The van der Waals surface area contributed by atoms with E-state index in [9.17, 15) is 14.4 Å². The molecule has 2 aromatic carbocycles. The van der Waals surface area contributed by atoms with E-state index in [0.717, 1.165) is 4.70 Å². The van der Waals surface area contributed by atoms with Crippen molar-refractivity contribution in [3.8, 4) is 5.75 Å². The number of fused-ring (bicyclic) bond motifs is 1. The van der Waals surface area contributed by atoms with E-state index in [-0.39, 0.29) is 11.8 Å². The van der Waals surface area contributed by atoms with E-state index < -0.39 is 5.97 Å². The van der Waals surface area contributed by atoms with E-state index in [1.807, 2.05) is 13.8 Å². The molecule has 150 valence electrons. The molecule has 0 spiro atoms. The quantitative estimate of drug-likeness (QED) is 0.490. The van der Waals surface area contributed by atoms with Gasteiger partial charge < -0.3 is 9.64 Å². The maximum absolute atomic E-state index is 12.5. The predicted molar refractivity (Wildman–Crippen MR) is 113 cm³/mol. The second kappa shape index (κ2) is 8.83. The van der Waals surface area contributed by atoms with Crippen LogP contribution in [0.1, 0.15) is 41.5 Å².